The summed E-state index contributed by atoms with van der Waals surface area (Å²) in [6.45, 7) is 1.67. The summed E-state index contributed by atoms with van der Waals surface area (Å²) in [4.78, 5) is 13.8. The maximum atomic E-state index is 13.0. The minimum absolute atomic E-state index is 0.250. The fraction of sp³-hybridized carbons (Fsp3) is 0.455. The molecule has 4 aromatic rings. The standard InChI is InChI=1S/C22H26FN7O/c1-14-25-19-8-7-18(27-21(19)29(14)12-10-23)17-9-11-30-20(17)13-24-22(28-30)26-15-3-5-16(31-2)6-4-15/h7-9,11,13,15-16H,3-6,10,12H2,1-2H3,(H,26,28)/t15-,16-. The molecule has 31 heavy (non-hydrogen) atoms. The van der Waals surface area contributed by atoms with Crippen molar-refractivity contribution >= 4 is 22.6 Å². The largest absolute Gasteiger partial charge is 0.381 e. The van der Waals surface area contributed by atoms with Crippen LogP contribution >= 0.6 is 0 Å². The predicted octanol–water partition coefficient (Wildman–Crippen LogP) is 3.79. The van der Waals surface area contributed by atoms with Gasteiger partial charge in [-0.3, -0.25) is 0 Å². The Balaban J connectivity index is 1.42. The number of ether oxygens (including phenoxy) is 1. The van der Waals surface area contributed by atoms with E-state index in [1.807, 2.05) is 46.6 Å². The number of hydrogen-bond donors (Lipinski definition) is 1. The van der Waals surface area contributed by atoms with Crippen molar-refractivity contribution in [1.29, 1.82) is 0 Å². The molecule has 0 aromatic carbocycles. The van der Waals surface area contributed by atoms with E-state index in [0.717, 1.165) is 53.8 Å². The summed E-state index contributed by atoms with van der Waals surface area (Å²) >= 11 is 0. The minimum atomic E-state index is -0.454. The zero-order chi connectivity index (χ0) is 21.4. The molecule has 0 atom stereocenters. The maximum Gasteiger partial charge on any atom is 0.241 e. The van der Waals surface area contributed by atoms with Gasteiger partial charge in [0.05, 0.1) is 30.1 Å². The molecule has 1 fully saturated rings. The minimum Gasteiger partial charge on any atom is -0.381 e. The number of pyridine rings is 1. The summed E-state index contributed by atoms with van der Waals surface area (Å²) in [5.41, 5.74) is 4.05. The number of halogens is 1. The number of aryl methyl sites for hydroxylation is 2. The summed E-state index contributed by atoms with van der Waals surface area (Å²) in [5, 5.41) is 8.09. The second kappa shape index (κ2) is 8.22. The number of hydrogen-bond acceptors (Lipinski definition) is 6. The van der Waals surface area contributed by atoms with Crippen molar-refractivity contribution in [3.8, 4) is 11.3 Å². The molecular formula is C22H26FN7O. The fourth-order valence-electron chi connectivity index (χ4n) is 4.43. The third-order valence-corrected chi connectivity index (χ3v) is 6.12. The van der Waals surface area contributed by atoms with Gasteiger partial charge in [-0.2, -0.15) is 0 Å². The van der Waals surface area contributed by atoms with Gasteiger partial charge in [-0.25, -0.2) is 23.9 Å². The van der Waals surface area contributed by atoms with Gasteiger partial charge in [0.15, 0.2) is 5.65 Å². The first-order valence-electron chi connectivity index (χ1n) is 10.7. The lowest BCUT2D eigenvalue weighted by atomic mass is 9.93. The number of nitrogens with zero attached hydrogens (tertiary/aromatic N) is 6. The Kier molecular flexibility index (Phi) is 5.27. The highest BCUT2D eigenvalue weighted by Gasteiger charge is 2.21. The highest BCUT2D eigenvalue weighted by Crippen LogP contribution is 2.27. The number of rotatable bonds is 6. The molecule has 1 aliphatic carbocycles. The molecule has 0 aliphatic heterocycles. The molecule has 0 spiro atoms. The van der Waals surface area contributed by atoms with Crippen LogP contribution < -0.4 is 5.32 Å². The lowest BCUT2D eigenvalue weighted by Crippen LogP contribution is -2.30. The second-order valence-electron chi connectivity index (χ2n) is 8.03. The Hall–Kier alpha value is -3.07. The van der Waals surface area contributed by atoms with Gasteiger partial charge in [0.25, 0.3) is 0 Å². The molecular weight excluding hydrogens is 397 g/mol. The van der Waals surface area contributed by atoms with E-state index in [1.165, 1.54) is 0 Å². The molecule has 1 N–H and O–H groups in total. The van der Waals surface area contributed by atoms with Crippen LogP contribution in [-0.2, 0) is 11.3 Å². The predicted molar refractivity (Wildman–Crippen MR) is 117 cm³/mol. The number of methoxy groups -OCH3 is 1. The van der Waals surface area contributed by atoms with Gasteiger partial charge in [0, 0.05) is 24.9 Å². The molecule has 9 heteroatoms. The van der Waals surface area contributed by atoms with Gasteiger partial charge in [0.1, 0.15) is 18.0 Å². The van der Waals surface area contributed by atoms with Crippen molar-refractivity contribution in [3.05, 3.63) is 36.4 Å². The molecule has 1 saturated carbocycles. The van der Waals surface area contributed by atoms with E-state index in [1.54, 1.807) is 7.11 Å². The second-order valence-corrected chi connectivity index (χ2v) is 8.03. The van der Waals surface area contributed by atoms with Crippen LogP contribution in [0.1, 0.15) is 31.5 Å². The summed E-state index contributed by atoms with van der Waals surface area (Å²) in [6, 6.07) is 6.21. The Bertz CT molecular complexity index is 1210. The van der Waals surface area contributed by atoms with E-state index >= 15 is 0 Å². The molecule has 4 aromatic heterocycles. The maximum absolute atomic E-state index is 13.0. The molecule has 0 unspecified atom stereocenters. The SMILES string of the molecule is CO[C@H]1CC[C@H](Nc2ncc3c(-c4ccc5nc(C)n(CCF)c5n4)ccn3n2)CC1. The van der Waals surface area contributed by atoms with Gasteiger partial charge < -0.3 is 14.6 Å². The van der Waals surface area contributed by atoms with Crippen LogP contribution in [-0.4, -0.2) is 55.1 Å². The van der Waals surface area contributed by atoms with Crippen LogP contribution in [0.2, 0.25) is 0 Å². The van der Waals surface area contributed by atoms with Gasteiger partial charge in [0.2, 0.25) is 5.95 Å². The number of anilines is 1. The van der Waals surface area contributed by atoms with Crippen molar-refractivity contribution < 1.29 is 9.13 Å². The van der Waals surface area contributed by atoms with E-state index in [4.69, 9.17) is 9.72 Å². The topological polar surface area (TPSA) is 82.2 Å². The smallest absolute Gasteiger partial charge is 0.241 e. The highest BCUT2D eigenvalue weighted by atomic mass is 19.1. The van der Waals surface area contributed by atoms with Gasteiger partial charge in [-0.05, 0) is 50.8 Å². The zero-order valence-corrected chi connectivity index (χ0v) is 17.8. The first-order valence-corrected chi connectivity index (χ1v) is 10.7. The lowest BCUT2D eigenvalue weighted by Gasteiger charge is -2.28. The number of aromatic nitrogens is 6. The van der Waals surface area contributed by atoms with Crippen LogP contribution in [0.3, 0.4) is 0 Å². The lowest BCUT2D eigenvalue weighted by molar-refractivity contribution is 0.0681. The van der Waals surface area contributed by atoms with Gasteiger partial charge in [-0.15, -0.1) is 5.10 Å². The first kappa shape index (κ1) is 19.9. The number of fused-ring (bicyclic) bond motifs is 2. The van der Waals surface area contributed by atoms with Crippen LogP contribution in [0.25, 0.3) is 27.9 Å². The Morgan fingerprint density at radius 3 is 2.77 bits per heavy atom. The zero-order valence-electron chi connectivity index (χ0n) is 17.8. The molecule has 5 rings (SSSR count). The van der Waals surface area contributed by atoms with Crippen molar-refractivity contribution in [2.75, 3.05) is 19.1 Å². The average molecular weight is 423 g/mol. The Labute approximate surface area is 179 Å². The summed E-state index contributed by atoms with van der Waals surface area (Å²) in [6.07, 6.45) is 8.30. The molecule has 162 valence electrons. The van der Waals surface area contributed by atoms with Crippen molar-refractivity contribution in [2.24, 2.45) is 0 Å². The molecule has 4 heterocycles. The van der Waals surface area contributed by atoms with E-state index in [0.29, 0.717) is 23.7 Å². The molecule has 1 aliphatic rings. The van der Waals surface area contributed by atoms with E-state index in [2.05, 4.69) is 20.4 Å². The van der Waals surface area contributed by atoms with Crippen LogP contribution in [0, 0.1) is 6.92 Å². The van der Waals surface area contributed by atoms with E-state index in [-0.39, 0.29) is 6.54 Å². The Morgan fingerprint density at radius 1 is 1.16 bits per heavy atom. The molecule has 0 bridgehead atoms. The van der Waals surface area contributed by atoms with Gasteiger partial charge in [-0.1, -0.05) is 0 Å². The fourth-order valence-corrected chi connectivity index (χ4v) is 4.43. The summed E-state index contributed by atoms with van der Waals surface area (Å²) in [5.74, 6) is 1.38. The van der Waals surface area contributed by atoms with E-state index in [9.17, 15) is 4.39 Å². The summed E-state index contributed by atoms with van der Waals surface area (Å²) in [7, 11) is 1.78. The highest BCUT2D eigenvalue weighted by molar-refractivity contribution is 5.82. The third-order valence-electron chi connectivity index (χ3n) is 6.12. The van der Waals surface area contributed by atoms with Crippen LogP contribution in [0.15, 0.2) is 30.6 Å². The summed E-state index contributed by atoms with van der Waals surface area (Å²) < 4.78 is 22.1. The third kappa shape index (κ3) is 3.74. The number of alkyl halides is 1. The number of nitrogens with one attached hydrogen (secondary N) is 1. The molecule has 0 radical (unpaired) electrons. The Morgan fingerprint density at radius 2 is 2.00 bits per heavy atom. The first-order chi connectivity index (χ1) is 15.2. The van der Waals surface area contributed by atoms with Crippen LogP contribution in [0.5, 0.6) is 0 Å². The van der Waals surface area contributed by atoms with Crippen molar-refractivity contribution in [2.45, 2.75) is 51.3 Å². The van der Waals surface area contributed by atoms with E-state index < -0.39 is 6.67 Å². The van der Waals surface area contributed by atoms with Crippen molar-refractivity contribution in [3.63, 3.8) is 0 Å². The molecule has 8 nitrogen and oxygen atoms in total. The van der Waals surface area contributed by atoms with Crippen LogP contribution in [0.4, 0.5) is 10.3 Å². The normalized spacial score (nSPS) is 19.3. The van der Waals surface area contributed by atoms with Gasteiger partial charge >= 0.3 is 0 Å². The van der Waals surface area contributed by atoms with Crippen molar-refractivity contribution in [1.82, 2.24) is 29.1 Å². The monoisotopic (exact) mass is 423 g/mol. The quantitative estimate of drug-likeness (QED) is 0.508. The molecule has 0 amide bonds. The molecule has 0 saturated heterocycles. The number of imidazole rings is 1. The average Bonchev–Trinajstić information content (AvgIpc) is 3.35.